The standard InChI is InChI=1S/C17H17.C11H17.C3H6.Zr/c1-10-5-14-9-15-6-11(2)13(4)8-17(15)16(14)7-12(10)3;1-5-9-6-7-10(8-9)11(2,3)4;1-3-2;/h5,7-8H,9H2,1-4H3;7-9H,5H2,1-4H3;1-2H3;/q2*-1;;+2. The summed E-state index contributed by atoms with van der Waals surface area (Å²) < 4.78 is 1.51. The summed E-state index contributed by atoms with van der Waals surface area (Å²) in [5, 5.41) is 0. The van der Waals surface area contributed by atoms with Crippen LogP contribution in [0.15, 0.2) is 35.9 Å². The largest absolute Gasteiger partial charge is 0.176 e. The molecule has 0 amide bonds. The molecular formula is C31H40Zr. The Balaban J connectivity index is 0.000000209. The van der Waals surface area contributed by atoms with E-state index in [0.717, 1.165) is 6.42 Å². The Morgan fingerprint density at radius 3 is 2.03 bits per heavy atom. The summed E-state index contributed by atoms with van der Waals surface area (Å²) in [5.74, 6) is 0.573. The second kappa shape index (κ2) is 11.2. The summed E-state index contributed by atoms with van der Waals surface area (Å²) in [7, 11) is 0. The van der Waals surface area contributed by atoms with Gasteiger partial charge in [0.1, 0.15) is 0 Å². The first-order valence-electron chi connectivity index (χ1n) is 11.8. The normalized spacial score (nSPS) is 15.8. The molecule has 0 N–H and O–H groups in total. The summed E-state index contributed by atoms with van der Waals surface area (Å²) in [6, 6.07) is 10.5. The molecule has 0 aromatic heterocycles. The molecule has 1 atom stereocenters. The predicted octanol–water partition coefficient (Wildman–Crippen LogP) is 8.40. The van der Waals surface area contributed by atoms with E-state index in [9.17, 15) is 0 Å². The number of allylic oxidation sites excluding steroid dienone is 4. The van der Waals surface area contributed by atoms with Gasteiger partial charge in [0.05, 0.1) is 0 Å². The Labute approximate surface area is 212 Å². The molecule has 0 bridgehead atoms. The van der Waals surface area contributed by atoms with Crippen molar-refractivity contribution in [2.75, 3.05) is 0 Å². The quantitative estimate of drug-likeness (QED) is 0.292. The molecule has 32 heavy (non-hydrogen) atoms. The zero-order valence-corrected chi connectivity index (χ0v) is 24.3. The van der Waals surface area contributed by atoms with Crippen LogP contribution in [0.2, 0.25) is 0 Å². The average Bonchev–Trinajstić information content (AvgIpc) is 3.28. The number of hydrogen-bond acceptors (Lipinski definition) is 0. The van der Waals surface area contributed by atoms with Gasteiger partial charge in [-0.05, 0) is 37.0 Å². The average molecular weight is 504 g/mol. The minimum absolute atomic E-state index is 0.302. The van der Waals surface area contributed by atoms with Crippen LogP contribution in [0.4, 0.5) is 0 Å². The molecule has 4 rings (SSSR count). The molecule has 0 radical (unpaired) electrons. The first-order valence-corrected chi connectivity index (χ1v) is 13.0. The topological polar surface area (TPSA) is 0 Å². The van der Waals surface area contributed by atoms with Crippen molar-refractivity contribution in [1.82, 2.24) is 0 Å². The number of fused-ring (bicyclic) bond motifs is 3. The van der Waals surface area contributed by atoms with Gasteiger partial charge in [0, 0.05) is 0 Å². The van der Waals surface area contributed by atoms with Gasteiger partial charge in [0.15, 0.2) is 0 Å². The Morgan fingerprint density at radius 2 is 1.53 bits per heavy atom. The molecular weight excluding hydrogens is 464 g/mol. The van der Waals surface area contributed by atoms with E-state index in [4.69, 9.17) is 0 Å². The maximum absolute atomic E-state index is 3.54. The third-order valence-electron chi connectivity index (χ3n) is 6.13. The van der Waals surface area contributed by atoms with Gasteiger partial charge in [0.25, 0.3) is 0 Å². The smallest absolute Gasteiger partial charge is 0.0253 e. The van der Waals surface area contributed by atoms with Crippen LogP contribution >= 0.6 is 0 Å². The van der Waals surface area contributed by atoms with Gasteiger partial charge in [-0.3, -0.25) is 6.08 Å². The molecule has 0 fully saturated rings. The number of rotatable bonds is 1. The van der Waals surface area contributed by atoms with Crippen LogP contribution in [0.25, 0.3) is 11.1 Å². The fraction of sp³-hybridized carbons (Fsp3) is 0.452. The van der Waals surface area contributed by atoms with Crippen molar-refractivity contribution in [3.05, 3.63) is 81.4 Å². The third-order valence-corrected chi connectivity index (χ3v) is 6.13. The monoisotopic (exact) mass is 502 g/mol. The SMILES string of the molecule is CCC1[C-]=CC(C(C)(C)C)=C1.C[C](C)=[Zr+2].Cc1[c-]c2c(cc1C)-c1cc(C)c(C)cc1C2. The molecule has 0 nitrogen and oxygen atoms in total. The first-order chi connectivity index (χ1) is 14.8. The number of benzene rings is 2. The van der Waals surface area contributed by atoms with Gasteiger partial charge in [-0.2, -0.15) is 34.9 Å². The van der Waals surface area contributed by atoms with Crippen molar-refractivity contribution in [3.63, 3.8) is 0 Å². The second-order valence-electron chi connectivity index (χ2n) is 10.4. The van der Waals surface area contributed by atoms with Gasteiger partial charge < -0.3 is 0 Å². The fourth-order valence-electron chi connectivity index (χ4n) is 3.86. The molecule has 1 heteroatoms. The zero-order chi connectivity index (χ0) is 24.2. The summed E-state index contributed by atoms with van der Waals surface area (Å²) in [6.07, 6.45) is 10.1. The van der Waals surface area contributed by atoms with Crippen molar-refractivity contribution in [3.8, 4) is 11.1 Å². The van der Waals surface area contributed by atoms with Crippen molar-refractivity contribution >= 4 is 3.21 Å². The van der Waals surface area contributed by atoms with Gasteiger partial charge in [-0.25, -0.2) is 6.08 Å². The Kier molecular flexibility index (Phi) is 9.42. The van der Waals surface area contributed by atoms with E-state index in [1.807, 2.05) is 0 Å². The minimum Gasteiger partial charge on any atom is -0.176 e. The van der Waals surface area contributed by atoms with Crippen LogP contribution in [0.3, 0.4) is 0 Å². The molecule has 2 aliphatic carbocycles. The number of hydrogen-bond donors (Lipinski definition) is 0. The Hall–Kier alpha value is -1.33. The van der Waals surface area contributed by atoms with E-state index in [0.29, 0.717) is 11.3 Å². The summed E-state index contributed by atoms with van der Waals surface area (Å²) in [6.45, 7) is 21.9. The minimum atomic E-state index is 0.302. The van der Waals surface area contributed by atoms with E-state index in [-0.39, 0.29) is 0 Å². The van der Waals surface area contributed by atoms with Crippen LogP contribution in [0.5, 0.6) is 0 Å². The molecule has 2 aromatic carbocycles. The molecule has 0 saturated heterocycles. The molecule has 0 aliphatic heterocycles. The van der Waals surface area contributed by atoms with Crippen molar-refractivity contribution in [2.45, 2.75) is 82.1 Å². The Morgan fingerprint density at radius 1 is 0.969 bits per heavy atom. The number of aryl methyl sites for hydroxylation is 4. The molecule has 0 spiro atoms. The maximum atomic E-state index is 3.54. The van der Waals surface area contributed by atoms with Gasteiger partial charge in [0.2, 0.25) is 0 Å². The predicted molar refractivity (Wildman–Crippen MR) is 138 cm³/mol. The van der Waals surface area contributed by atoms with Gasteiger partial charge in [-0.15, -0.1) is 11.1 Å². The molecule has 0 heterocycles. The van der Waals surface area contributed by atoms with E-state index in [1.165, 1.54) is 59.7 Å². The molecule has 168 valence electrons. The maximum Gasteiger partial charge on any atom is -0.0253 e. The van der Waals surface area contributed by atoms with Crippen LogP contribution in [-0.4, -0.2) is 3.21 Å². The molecule has 1 unspecified atom stereocenters. The Bertz CT molecular complexity index is 982. The summed E-state index contributed by atoms with van der Waals surface area (Å²) in [4.78, 5) is 0. The van der Waals surface area contributed by atoms with E-state index in [2.05, 4.69) is 112 Å². The third kappa shape index (κ3) is 7.08. The van der Waals surface area contributed by atoms with Crippen LogP contribution in [0, 0.1) is 51.2 Å². The zero-order valence-electron chi connectivity index (χ0n) is 21.9. The van der Waals surface area contributed by atoms with E-state index in [1.54, 1.807) is 24.2 Å². The molecule has 2 aliphatic rings. The van der Waals surface area contributed by atoms with Gasteiger partial charge >= 0.3 is 41.3 Å². The summed E-state index contributed by atoms with van der Waals surface area (Å²) in [5.41, 5.74) is 12.8. The van der Waals surface area contributed by atoms with Crippen molar-refractivity contribution in [1.29, 1.82) is 0 Å². The summed E-state index contributed by atoms with van der Waals surface area (Å²) >= 11 is 1.55. The van der Waals surface area contributed by atoms with E-state index >= 15 is 0 Å². The first kappa shape index (κ1) is 26.9. The van der Waals surface area contributed by atoms with Crippen LogP contribution < -0.4 is 0 Å². The van der Waals surface area contributed by atoms with Gasteiger partial charge in [-0.1, -0.05) is 77.0 Å². The molecule has 2 aromatic rings. The molecule has 0 saturated carbocycles. The van der Waals surface area contributed by atoms with E-state index < -0.39 is 0 Å². The van der Waals surface area contributed by atoms with Crippen molar-refractivity contribution in [2.24, 2.45) is 11.3 Å². The van der Waals surface area contributed by atoms with Crippen LogP contribution in [-0.2, 0) is 30.7 Å². The second-order valence-corrected chi connectivity index (χ2v) is 12.9. The fourth-order valence-corrected chi connectivity index (χ4v) is 3.86. The van der Waals surface area contributed by atoms with Crippen molar-refractivity contribution < 1.29 is 24.2 Å². The van der Waals surface area contributed by atoms with Crippen LogP contribution in [0.1, 0.15) is 81.3 Å².